The molecule has 6 nitrogen and oxygen atoms in total. The summed E-state index contributed by atoms with van der Waals surface area (Å²) in [5.41, 5.74) is -1.43. The SMILES string of the molecule is O=C(OC[C@@]1([C@@H]2COC(O)C2)CC(F)(F)C=CC1C(=O)[O-])c1ccccc1. The zero-order valence-electron chi connectivity index (χ0n) is 14.3. The number of ether oxygens (including phenoxy) is 2. The van der Waals surface area contributed by atoms with Crippen LogP contribution < -0.4 is 5.11 Å². The number of aliphatic hydroxyl groups excluding tert-OH is 1. The maximum absolute atomic E-state index is 14.2. The van der Waals surface area contributed by atoms with Crippen LogP contribution in [0, 0.1) is 17.3 Å². The Morgan fingerprint density at radius 1 is 1.30 bits per heavy atom. The summed E-state index contributed by atoms with van der Waals surface area (Å²) < 4.78 is 38.7. The molecule has 2 aliphatic rings. The van der Waals surface area contributed by atoms with Gasteiger partial charge in [0, 0.05) is 30.1 Å². The van der Waals surface area contributed by atoms with Crippen molar-refractivity contribution in [1.29, 1.82) is 0 Å². The van der Waals surface area contributed by atoms with Crippen LogP contribution in [0.3, 0.4) is 0 Å². The minimum Gasteiger partial charge on any atom is -0.549 e. The summed E-state index contributed by atoms with van der Waals surface area (Å²) in [5, 5.41) is 21.3. The molecule has 0 aromatic heterocycles. The van der Waals surface area contributed by atoms with Gasteiger partial charge >= 0.3 is 5.97 Å². The van der Waals surface area contributed by atoms with Crippen molar-refractivity contribution in [2.24, 2.45) is 17.3 Å². The molecule has 1 aliphatic heterocycles. The maximum Gasteiger partial charge on any atom is 0.338 e. The number of aliphatic hydroxyl groups is 1. The fourth-order valence-corrected chi connectivity index (χ4v) is 3.87. The molecule has 1 aliphatic carbocycles. The van der Waals surface area contributed by atoms with Gasteiger partial charge in [0.2, 0.25) is 0 Å². The number of rotatable bonds is 5. The number of hydrogen-bond donors (Lipinski definition) is 1. The molecule has 8 heteroatoms. The van der Waals surface area contributed by atoms with Gasteiger partial charge in [0.1, 0.15) is 0 Å². The Labute approximate surface area is 154 Å². The molecule has 4 atom stereocenters. The molecule has 1 heterocycles. The van der Waals surface area contributed by atoms with E-state index in [9.17, 15) is 28.6 Å². The lowest BCUT2D eigenvalue weighted by atomic mass is 9.61. The van der Waals surface area contributed by atoms with Gasteiger partial charge in [0.05, 0.1) is 18.8 Å². The van der Waals surface area contributed by atoms with Crippen molar-refractivity contribution in [3.05, 3.63) is 48.0 Å². The van der Waals surface area contributed by atoms with E-state index in [1.54, 1.807) is 18.2 Å². The number of carboxylic acid groups (broad SMARTS) is 1. The van der Waals surface area contributed by atoms with Gasteiger partial charge in [-0.3, -0.25) is 0 Å². The Kier molecular flexibility index (Phi) is 5.30. The number of allylic oxidation sites excluding steroid dienone is 1. The Hall–Kier alpha value is -2.32. The van der Waals surface area contributed by atoms with E-state index in [0.717, 1.165) is 6.08 Å². The number of hydrogen-bond acceptors (Lipinski definition) is 6. The zero-order valence-corrected chi connectivity index (χ0v) is 14.3. The largest absolute Gasteiger partial charge is 0.549 e. The lowest BCUT2D eigenvalue weighted by Gasteiger charge is -2.47. The number of alkyl halides is 2. The van der Waals surface area contributed by atoms with E-state index in [1.165, 1.54) is 12.1 Å². The van der Waals surface area contributed by atoms with Gasteiger partial charge in [-0.1, -0.05) is 24.3 Å². The van der Waals surface area contributed by atoms with E-state index in [-0.39, 0.29) is 18.6 Å². The summed E-state index contributed by atoms with van der Waals surface area (Å²) in [6, 6.07) is 7.95. The summed E-state index contributed by atoms with van der Waals surface area (Å²) >= 11 is 0. The van der Waals surface area contributed by atoms with Crippen molar-refractivity contribution in [2.45, 2.75) is 25.1 Å². The molecule has 1 aromatic carbocycles. The molecule has 1 aromatic rings. The predicted molar refractivity (Wildman–Crippen MR) is 86.4 cm³/mol. The van der Waals surface area contributed by atoms with E-state index >= 15 is 0 Å². The number of carbonyl (C=O) groups is 2. The smallest absolute Gasteiger partial charge is 0.338 e. The summed E-state index contributed by atoms with van der Waals surface area (Å²) in [5.74, 6) is -7.71. The first-order valence-corrected chi connectivity index (χ1v) is 8.53. The third-order valence-electron chi connectivity index (χ3n) is 5.24. The summed E-state index contributed by atoms with van der Waals surface area (Å²) in [6.45, 7) is -0.669. The molecule has 1 N–H and O–H groups in total. The van der Waals surface area contributed by atoms with Crippen LogP contribution in [0.5, 0.6) is 0 Å². The Morgan fingerprint density at radius 3 is 2.59 bits per heavy atom. The predicted octanol–water partition coefficient (Wildman–Crippen LogP) is 1.15. The fourth-order valence-electron chi connectivity index (χ4n) is 3.87. The summed E-state index contributed by atoms with van der Waals surface area (Å²) in [4.78, 5) is 24.0. The second-order valence-corrected chi connectivity index (χ2v) is 6.99. The van der Waals surface area contributed by atoms with Crippen LogP contribution in [0.15, 0.2) is 42.5 Å². The molecule has 0 spiro atoms. The van der Waals surface area contributed by atoms with Gasteiger partial charge < -0.3 is 24.5 Å². The van der Waals surface area contributed by atoms with Crippen LogP contribution in [-0.2, 0) is 14.3 Å². The van der Waals surface area contributed by atoms with E-state index in [0.29, 0.717) is 6.08 Å². The molecule has 1 fully saturated rings. The highest BCUT2D eigenvalue weighted by Crippen LogP contribution is 2.52. The minimum absolute atomic E-state index is 0.0312. The van der Waals surface area contributed by atoms with Gasteiger partial charge in [-0.25, -0.2) is 13.6 Å². The Morgan fingerprint density at radius 2 is 2.00 bits per heavy atom. The van der Waals surface area contributed by atoms with Gasteiger partial charge in [0.25, 0.3) is 5.92 Å². The molecule has 1 saturated heterocycles. The Bertz CT molecular complexity index is 735. The van der Waals surface area contributed by atoms with Crippen molar-refractivity contribution >= 4 is 11.9 Å². The number of benzene rings is 1. The third kappa shape index (κ3) is 4.01. The van der Waals surface area contributed by atoms with Crippen LogP contribution in [-0.4, -0.2) is 42.5 Å². The average Bonchev–Trinajstić information content (AvgIpc) is 3.06. The van der Waals surface area contributed by atoms with E-state index in [4.69, 9.17) is 9.47 Å². The third-order valence-corrected chi connectivity index (χ3v) is 5.24. The van der Waals surface area contributed by atoms with Crippen molar-refractivity contribution in [2.75, 3.05) is 13.2 Å². The van der Waals surface area contributed by atoms with E-state index in [1.807, 2.05) is 0 Å². The Balaban J connectivity index is 1.91. The highest BCUT2D eigenvalue weighted by molar-refractivity contribution is 5.89. The highest BCUT2D eigenvalue weighted by atomic mass is 19.3. The van der Waals surface area contributed by atoms with Gasteiger partial charge in [-0.15, -0.1) is 0 Å². The molecule has 0 radical (unpaired) electrons. The molecule has 3 rings (SSSR count). The standard InChI is InChI=1S/C19H20F2O6/c20-19(21)7-6-14(16(23)24)18(10-19,13-8-15(22)26-9-13)11-27-17(25)12-4-2-1-3-5-12/h1-7,13-15,22H,8-11H2,(H,23,24)/p-1/t13-,14?,15?,18+/m0/s1. The monoisotopic (exact) mass is 381 g/mol. The van der Waals surface area contributed by atoms with E-state index < -0.39 is 54.4 Å². The normalized spacial score (nSPS) is 32.2. The highest BCUT2D eigenvalue weighted by Gasteiger charge is 2.55. The van der Waals surface area contributed by atoms with Gasteiger partial charge in [-0.2, -0.15) is 0 Å². The van der Waals surface area contributed by atoms with Crippen LogP contribution in [0.1, 0.15) is 23.2 Å². The van der Waals surface area contributed by atoms with Crippen molar-refractivity contribution in [3.8, 4) is 0 Å². The lowest BCUT2D eigenvalue weighted by molar-refractivity contribution is -0.316. The summed E-state index contributed by atoms with van der Waals surface area (Å²) in [6.07, 6.45) is -0.635. The van der Waals surface area contributed by atoms with Crippen molar-refractivity contribution < 1.29 is 38.1 Å². The zero-order chi connectivity index (χ0) is 19.7. The number of aliphatic carboxylic acids is 1. The van der Waals surface area contributed by atoms with Gasteiger partial charge in [0.15, 0.2) is 6.29 Å². The average molecular weight is 381 g/mol. The quantitative estimate of drug-likeness (QED) is 0.607. The van der Waals surface area contributed by atoms with Crippen LogP contribution in [0.2, 0.25) is 0 Å². The first-order valence-electron chi connectivity index (χ1n) is 8.53. The number of carbonyl (C=O) groups excluding carboxylic acids is 2. The molecule has 2 unspecified atom stereocenters. The van der Waals surface area contributed by atoms with E-state index in [2.05, 4.69) is 0 Å². The molecule has 0 amide bonds. The van der Waals surface area contributed by atoms with Crippen LogP contribution in [0.4, 0.5) is 8.78 Å². The molecular formula is C19H19F2O6-. The first kappa shape index (κ1) is 19.4. The molecule has 0 saturated carbocycles. The van der Waals surface area contributed by atoms with Crippen LogP contribution >= 0.6 is 0 Å². The topological polar surface area (TPSA) is 95.9 Å². The second-order valence-electron chi connectivity index (χ2n) is 6.99. The molecule has 27 heavy (non-hydrogen) atoms. The number of halogens is 2. The lowest BCUT2D eigenvalue weighted by Crippen LogP contribution is -2.54. The van der Waals surface area contributed by atoms with Crippen molar-refractivity contribution in [1.82, 2.24) is 0 Å². The maximum atomic E-state index is 14.2. The fraction of sp³-hybridized carbons (Fsp3) is 0.474. The molecule has 0 bridgehead atoms. The number of carboxylic acids is 1. The molecular weight excluding hydrogens is 362 g/mol. The number of esters is 1. The minimum atomic E-state index is -3.28. The first-order chi connectivity index (χ1) is 12.7. The summed E-state index contributed by atoms with van der Waals surface area (Å²) in [7, 11) is 0. The second kappa shape index (κ2) is 7.36. The van der Waals surface area contributed by atoms with Gasteiger partial charge in [-0.05, 0) is 24.1 Å². The molecule has 146 valence electrons. The van der Waals surface area contributed by atoms with Crippen molar-refractivity contribution in [3.63, 3.8) is 0 Å². The van der Waals surface area contributed by atoms with Crippen LogP contribution in [0.25, 0.3) is 0 Å².